The molecule has 3 aromatic rings. The van der Waals surface area contributed by atoms with Gasteiger partial charge in [0.15, 0.2) is 0 Å². The molecule has 1 heterocycles. The number of aromatic nitrogens is 2. The fourth-order valence-electron chi connectivity index (χ4n) is 4.18. The van der Waals surface area contributed by atoms with Crippen molar-refractivity contribution in [2.75, 3.05) is 13.2 Å². The van der Waals surface area contributed by atoms with Crippen molar-refractivity contribution < 1.29 is 24.2 Å². The molecule has 35 heavy (non-hydrogen) atoms. The molecule has 3 N–H and O–H groups in total. The number of hydrogen-bond donors (Lipinski definition) is 3. The largest absolute Gasteiger partial charge is 0.478 e. The van der Waals surface area contributed by atoms with Crippen molar-refractivity contribution in [1.82, 2.24) is 20.4 Å². The second-order valence-electron chi connectivity index (χ2n) is 8.21. The average molecular weight is 475 g/mol. The number of fused-ring (bicyclic) bond motifs is 3. The second kappa shape index (κ2) is 10.3. The van der Waals surface area contributed by atoms with Crippen molar-refractivity contribution in [2.45, 2.75) is 19.4 Å². The van der Waals surface area contributed by atoms with Crippen molar-refractivity contribution in [1.29, 1.82) is 0 Å². The van der Waals surface area contributed by atoms with Gasteiger partial charge in [-0.1, -0.05) is 54.6 Å². The molecule has 0 saturated carbocycles. The molecule has 0 spiro atoms. The Hall–Kier alpha value is -4.40. The van der Waals surface area contributed by atoms with Gasteiger partial charge in [0.05, 0.1) is 18.4 Å². The Morgan fingerprint density at radius 2 is 1.69 bits per heavy atom. The van der Waals surface area contributed by atoms with E-state index in [1.807, 2.05) is 24.3 Å². The van der Waals surface area contributed by atoms with Crippen LogP contribution in [-0.4, -0.2) is 46.0 Å². The highest BCUT2D eigenvalue weighted by Gasteiger charge is 2.28. The number of alkyl carbamates (subject to hydrolysis) is 1. The minimum Gasteiger partial charge on any atom is -0.478 e. The van der Waals surface area contributed by atoms with Crippen LogP contribution < -0.4 is 10.6 Å². The van der Waals surface area contributed by atoms with E-state index in [0.29, 0.717) is 11.3 Å². The molecule has 9 nitrogen and oxygen atoms in total. The summed E-state index contributed by atoms with van der Waals surface area (Å²) in [7, 11) is 1.61. The lowest BCUT2D eigenvalue weighted by molar-refractivity contribution is -0.117. The van der Waals surface area contributed by atoms with Crippen LogP contribution >= 0.6 is 0 Å². The van der Waals surface area contributed by atoms with Crippen molar-refractivity contribution in [3.05, 3.63) is 88.8 Å². The Morgan fingerprint density at radius 1 is 1.06 bits per heavy atom. The number of carbonyl (C=O) groups excluding carboxylic acids is 2. The number of ether oxygens (including phenoxy) is 1. The van der Waals surface area contributed by atoms with E-state index in [-0.39, 0.29) is 37.1 Å². The highest BCUT2D eigenvalue weighted by Crippen LogP contribution is 2.44. The molecule has 1 aliphatic carbocycles. The SMILES string of the molecule is C/C(=C\CNC(=O)OCC1c2ccccc2-c2ccccc21)C(=O)NCc1c(C(=O)O)cnn1C. The van der Waals surface area contributed by atoms with Crippen molar-refractivity contribution in [3.63, 3.8) is 0 Å². The zero-order valence-electron chi connectivity index (χ0n) is 19.4. The number of amides is 2. The zero-order chi connectivity index (χ0) is 24.9. The summed E-state index contributed by atoms with van der Waals surface area (Å²) < 4.78 is 6.89. The molecule has 0 unspecified atom stereocenters. The van der Waals surface area contributed by atoms with Crippen LogP contribution in [0.2, 0.25) is 0 Å². The molecule has 2 aromatic carbocycles. The number of rotatable bonds is 8. The Balaban J connectivity index is 1.27. The third-order valence-electron chi connectivity index (χ3n) is 6.06. The van der Waals surface area contributed by atoms with E-state index in [4.69, 9.17) is 4.74 Å². The Bertz CT molecular complexity index is 1270. The van der Waals surface area contributed by atoms with Gasteiger partial charge in [0, 0.05) is 25.1 Å². The summed E-state index contributed by atoms with van der Waals surface area (Å²) in [5.41, 5.74) is 5.37. The molecule has 0 bridgehead atoms. The van der Waals surface area contributed by atoms with Crippen molar-refractivity contribution in [2.24, 2.45) is 7.05 Å². The maximum atomic E-state index is 12.3. The van der Waals surface area contributed by atoms with Crippen LogP contribution in [0.3, 0.4) is 0 Å². The Labute approximate surface area is 202 Å². The van der Waals surface area contributed by atoms with Gasteiger partial charge in [-0.05, 0) is 29.2 Å². The third kappa shape index (κ3) is 5.08. The first-order valence-electron chi connectivity index (χ1n) is 11.1. The number of carboxylic acids is 1. The van der Waals surface area contributed by atoms with Gasteiger partial charge in [-0.2, -0.15) is 5.10 Å². The minimum absolute atomic E-state index is 0.0158. The minimum atomic E-state index is -1.11. The van der Waals surface area contributed by atoms with E-state index in [1.165, 1.54) is 10.9 Å². The predicted molar refractivity (Wildman–Crippen MR) is 129 cm³/mol. The number of nitrogens with one attached hydrogen (secondary N) is 2. The number of aromatic carboxylic acids is 1. The first-order valence-corrected chi connectivity index (χ1v) is 11.1. The van der Waals surface area contributed by atoms with Gasteiger partial charge < -0.3 is 20.5 Å². The van der Waals surface area contributed by atoms with Crippen molar-refractivity contribution in [3.8, 4) is 11.1 Å². The predicted octanol–water partition coefficient (Wildman–Crippen LogP) is 3.22. The summed E-state index contributed by atoms with van der Waals surface area (Å²) in [6.45, 7) is 1.94. The lowest BCUT2D eigenvalue weighted by atomic mass is 9.98. The molecule has 0 atom stereocenters. The van der Waals surface area contributed by atoms with Crippen molar-refractivity contribution >= 4 is 18.0 Å². The topological polar surface area (TPSA) is 123 Å². The normalized spacial score (nSPS) is 12.6. The van der Waals surface area contributed by atoms with Crippen LogP contribution in [0.5, 0.6) is 0 Å². The third-order valence-corrected chi connectivity index (χ3v) is 6.06. The summed E-state index contributed by atoms with van der Waals surface area (Å²) >= 11 is 0. The fourth-order valence-corrected chi connectivity index (χ4v) is 4.18. The molecule has 0 radical (unpaired) electrons. The molecule has 0 aliphatic heterocycles. The monoisotopic (exact) mass is 474 g/mol. The highest BCUT2D eigenvalue weighted by molar-refractivity contribution is 5.93. The van der Waals surface area contributed by atoms with Gasteiger partial charge >= 0.3 is 12.1 Å². The molecular formula is C26H26N4O5. The first-order chi connectivity index (χ1) is 16.9. The lowest BCUT2D eigenvalue weighted by Crippen LogP contribution is -2.28. The van der Waals surface area contributed by atoms with Crippen LogP contribution in [0.1, 0.15) is 40.0 Å². The number of benzene rings is 2. The van der Waals surface area contributed by atoms with Gasteiger partial charge in [0.2, 0.25) is 5.91 Å². The maximum Gasteiger partial charge on any atom is 0.407 e. The quantitative estimate of drug-likeness (QED) is 0.431. The van der Waals surface area contributed by atoms with Gasteiger partial charge in [-0.3, -0.25) is 9.48 Å². The zero-order valence-corrected chi connectivity index (χ0v) is 19.4. The standard InChI is InChI=1S/C26H26N4O5/c1-16(24(31)28-14-23-21(25(32)33)13-29-30(23)2)11-12-27-26(34)35-15-22-19-9-5-3-7-17(19)18-8-4-6-10-20(18)22/h3-11,13,22H,12,14-15H2,1-2H3,(H,27,34)(H,28,31)(H,32,33)/b16-11+. The molecule has 9 heteroatoms. The number of carbonyl (C=O) groups is 3. The molecular weight excluding hydrogens is 448 g/mol. The average Bonchev–Trinajstić information content (AvgIpc) is 3.38. The number of aryl methyl sites for hydroxylation is 1. The van der Waals surface area contributed by atoms with Crippen LogP contribution in [0.25, 0.3) is 11.1 Å². The van der Waals surface area contributed by atoms with Crippen LogP contribution in [-0.2, 0) is 23.1 Å². The molecule has 0 saturated heterocycles. The van der Waals surface area contributed by atoms with Gasteiger partial charge in [-0.25, -0.2) is 9.59 Å². The fraction of sp³-hybridized carbons (Fsp3) is 0.231. The van der Waals surface area contributed by atoms with Gasteiger partial charge in [0.1, 0.15) is 12.2 Å². The van der Waals surface area contributed by atoms with Crippen LogP contribution in [0, 0.1) is 0 Å². The van der Waals surface area contributed by atoms with Crippen LogP contribution in [0.4, 0.5) is 4.79 Å². The molecule has 0 fully saturated rings. The van der Waals surface area contributed by atoms with Crippen LogP contribution in [0.15, 0.2) is 66.4 Å². The molecule has 180 valence electrons. The Kier molecular flexibility index (Phi) is 6.96. The highest BCUT2D eigenvalue weighted by atomic mass is 16.5. The molecule has 1 aromatic heterocycles. The summed E-state index contributed by atoms with van der Waals surface area (Å²) in [5.74, 6) is -1.52. The van der Waals surface area contributed by atoms with E-state index in [0.717, 1.165) is 22.3 Å². The number of carboxylic acid groups (broad SMARTS) is 1. The van der Waals surface area contributed by atoms with E-state index in [9.17, 15) is 19.5 Å². The summed E-state index contributed by atoms with van der Waals surface area (Å²) in [6.07, 6.45) is 2.24. The summed E-state index contributed by atoms with van der Waals surface area (Å²) in [4.78, 5) is 35.9. The maximum absolute atomic E-state index is 12.3. The summed E-state index contributed by atoms with van der Waals surface area (Å²) in [6, 6.07) is 16.2. The smallest absolute Gasteiger partial charge is 0.407 e. The van der Waals surface area contributed by atoms with E-state index in [1.54, 1.807) is 20.0 Å². The first kappa shape index (κ1) is 23.7. The second-order valence-corrected chi connectivity index (χ2v) is 8.21. The lowest BCUT2D eigenvalue weighted by Gasteiger charge is -2.14. The van der Waals surface area contributed by atoms with E-state index >= 15 is 0 Å². The number of hydrogen-bond acceptors (Lipinski definition) is 5. The molecule has 2 amide bonds. The Morgan fingerprint density at radius 3 is 2.31 bits per heavy atom. The molecule has 1 aliphatic rings. The van der Waals surface area contributed by atoms with Gasteiger partial charge in [-0.15, -0.1) is 0 Å². The van der Waals surface area contributed by atoms with E-state index < -0.39 is 12.1 Å². The van der Waals surface area contributed by atoms with Gasteiger partial charge in [0.25, 0.3) is 0 Å². The number of nitrogens with zero attached hydrogens (tertiary/aromatic N) is 2. The van der Waals surface area contributed by atoms with E-state index in [2.05, 4.69) is 40.0 Å². The summed E-state index contributed by atoms with van der Waals surface area (Å²) in [5, 5.41) is 18.4. The molecule has 4 rings (SSSR count).